The molecule has 3 aromatic rings. The fourth-order valence-electron chi connectivity index (χ4n) is 2.17. The smallest absolute Gasteiger partial charge is 0.226 e. The van der Waals surface area contributed by atoms with Crippen molar-refractivity contribution in [2.24, 2.45) is 0 Å². The summed E-state index contributed by atoms with van der Waals surface area (Å²) in [6, 6.07) is 15.3. The monoisotopic (exact) mass is 409 g/mol. The van der Waals surface area contributed by atoms with Crippen LogP contribution in [-0.4, -0.2) is 22.3 Å². The summed E-state index contributed by atoms with van der Waals surface area (Å²) in [5.41, 5.74) is 10.3. The summed E-state index contributed by atoms with van der Waals surface area (Å²) < 4.78 is 2.60. The highest BCUT2D eigenvalue weighted by atomic mass is 32.2. The Morgan fingerprint density at radius 2 is 1.72 bits per heavy atom. The van der Waals surface area contributed by atoms with Crippen LogP contribution >= 0.6 is 11.9 Å². The van der Waals surface area contributed by atoms with Gasteiger partial charge in [-0.3, -0.25) is 14.3 Å². The number of nitrogen functional groups attached to an aromatic ring is 1. The van der Waals surface area contributed by atoms with Crippen LogP contribution in [0.15, 0.2) is 59.6 Å². The molecule has 4 N–H and O–H groups in total. The van der Waals surface area contributed by atoms with Crippen LogP contribution in [0.2, 0.25) is 0 Å². The van der Waals surface area contributed by atoms with E-state index in [0.29, 0.717) is 12.2 Å². The second-order valence-corrected chi connectivity index (χ2v) is 7.02. The minimum absolute atomic E-state index is 0.0925. The van der Waals surface area contributed by atoms with Crippen molar-refractivity contribution in [1.82, 2.24) is 14.7 Å². The molecule has 0 bridgehead atoms. The molecular weight excluding hydrogens is 386 g/mol. The van der Waals surface area contributed by atoms with Gasteiger partial charge in [0.25, 0.3) is 0 Å². The zero-order valence-corrected chi connectivity index (χ0v) is 17.3. The average Bonchev–Trinajstić information content (AvgIpc) is 2.71. The zero-order valence-electron chi connectivity index (χ0n) is 16.5. The second-order valence-electron chi connectivity index (χ2n) is 6.14. The molecule has 0 radical (unpaired) electrons. The molecule has 0 atom stereocenters. The highest BCUT2D eigenvalue weighted by Gasteiger charge is 2.02. The first-order valence-electron chi connectivity index (χ1n) is 8.79. The molecule has 1 heterocycles. The number of anilines is 2. The predicted molar refractivity (Wildman–Crippen MR) is 117 cm³/mol. The summed E-state index contributed by atoms with van der Waals surface area (Å²) in [6.45, 7) is 5.37. The highest BCUT2D eigenvalue weighted by molar-refractivity contribution is 7.98. The number of aryl methyl sites for hydroxylation is 2. The van der Waals surface area contributed by atoms with E-state index in [9.17, 15) is 9.59 Å². The fourth-order valence-corrected chi connectivity index (χ4v) is 2.71. The molecule has 0 fully saturated rings. The van der Waals surface area contributed by atoms with Crippen molar-refractivity contribution in [2.45, 2.75) is 25.7 Å². The third kappa shape index (κ3) is 7.27. The quantitative estimate of drug-likeness (QED) is 0.437. The van der Waals surface area contributed by atoms with E-state index in [-0.39, 0.29) is 5.91 Å². The third-order valence-corrected chi connectivity index (χ3v) is 4.62. The number of benzene rings is 2. The van der Waals surface area contributed by atoms with Gasteiger partial charge in [0.15, 0.2) is 0 Å². The fraction of sp³-hybridized carbons (Fsp3) is 0.143. The van der Waals surface area contributed by atoms with Gasteiger partial charge in [0.1, 0.15) is 5.82 Å². The molecule has 0 spiro atoms. The summed E-state index contributed by atoms with van der Waals surface area (Å²) >= 11 is 1.24. The van der Waals surface area contributed by atoms with Gasteiger partial charge in [-0.25, -0.2) is 9.97 Å². The van der Waals surface area contributed by atoms with Gasteiger partial charge < -0.3 is 11.1 Å². The SMILES string of the molecule is CC(=O)NSc1ccc(NC=O)cc1.Cc1ccc(-c2cnc(N)c(C)n2)cc1. The van der Waals surface area contributed by atoms with Crippen LogP contribution in [0.25, 0.3) is 11.3 Å². The first kappa shape index (κ1) is 21.9. The largest absolute Gasteiger partial charge is 0.382 e. The number of amides is 2. The van der Waals surface area contributed by atoms with Gasteiger partial charge in [-0.05, 0) is 50.1 Å². The average molecular weight is 410 g/mol. The molecule has 0 saturated heterocycles. The van der Waals surface area contributed by atoms with Crippen LogP contribution < -0.4 is 15.8 Å². The van der Waals surface area contributed by atoms with Gasteiger partial charge in [0.2, 0.25) is 12.3 Å². The van der Waals surface area contributed by atoms with Crippen LogP contribution in [-0.2, 0) is 9.59 Å². The Morgan fingerprint density at radius 3 is 2.28 bits per heavy atom. The number of carbonyl (C=O) groups is 2. The molecule has 0 saturated carbocycles. The lowest BCUT2D eigenvalue weighted by molar-refractivity contribution is -0.117. The molecule has 29 heavy (non-hydrogen) atoms. The Labute approximate surface area is 174 Å². The second kappa shape index (κ2) is 10.8. The molecule has 1 aromatic heterocycles. The van der Waals surface area contributed by atoms with E-state index in [1.807, 2.05) is 31.2 Å². The van der Waals surface area contributed by atoms with E-state index in [1.165, 1.54) is 24.4 Å². The maximum absolute atomic E-state index is 10.6. The Kier molecular flexibility index (Phi) is 8.17. The minimum atomic E-state index is -0.0925. The summed E-state index contributed by atoms with van der Waals surface area (Å²) in [4.78, 5) is 30.1. The van der Waals surface area contributed by atoms with Crippen LogP contribution in [0.4, 0.5) is 11.5 Å². The van der Waals surface area contributed by atoms with Crippen molar-refractivity contribution < 1.29 is 9.59 Å². The van der Waals surface area contributed by atoms with E-state index in [2.05, 4.69) is 39.1 Å². The standard InChI is InChI=1S/C12H13N3.C9H10N2O2S/c1-8-3-5-10(6-4-8)11-7-14-12(13)9(2)15-11;1-7(13)11-14-9-4-2-8(3-5-9)10-6-12/h3-7H,1-2H3,(H2,13,14);2-6H,1H3,(H,10,12)(H,11,13). The van der Waals surface area contributed by atoms with Crippen molar-refractivity contribution in [2.75, 3.05) is 11.1 Å². The number of nitrogens with two attached hydrogens (primary N) is 1. The van der Waals surface area contributed by atoms with Gasteiger partial charge >= 0.3 is 0 Å². The molecule has 0 aliphatic carbocycles. The Hall–Kier alpha value is -3.39. The maximum Gasteiger partial charge on any atom is 0.226 e. The molecular formula is C21H23N5O2S. The molecule has 0 aliphatic rings. The lowest BCUT2D eigenvalue weighted by atomic mass is 10.1. The van der Waals surface area contributed by atoms with E-state index in [0.717, 1.165) is 27.5 Å². The highest BCUT2D eigenvalue weighted by Crippen LogP contribution is 2.18. The molecule has 2 amide bonds. The zero-order chi connectivity index (χ0) is 21.2. The first-order chi connectivity index (χ1) is 13.9. The lowest BCUT2D eigenvalue weighted by Crippen LogP contribution is -2.09. The molecule has 2 aromatic carbocycles. The van der Waals surface area contributed by atoms with Gasteiger partial charge in [-0.15, -0.1) is 0 Å². The number of aromatic nitrogens is 2. The van der Waals surface area contributed by atoms with Crippen molar-refractivity contribution in [3.05, 3.63) is 66.0 Å². The normalized spacial score (nSPS) is 9.76. The van der Waals surface area contributed by atoms with Gasteiger partial charge in [-0.1, -0.05) is 29.8 Å². The number of hydrogen-bond acceptors (Lipinski definition) is 6. The maximum atomic E-state index is 10.6. The predicted octanol–water partition coefficient (Wildman–Crippen LogP) is 3.74. The number of nitrogens with one attached hydrogen (secondary N) is 2. The van der Waals surface area contributed by atoms with Crippen molar-refractivity contribution in [1.29, 1.82) is 0 Å². The van der Waals surface area contributed by atoms with Crippen molar-refractivity contribution in [3.8, 4) is 11.3 Å². The topological polar surface area (TPSA) is 110 Å². The first-order valence-corrected chi connectivity index (χ1v) is 9.60. The summed E-state index contributed by atoms with van der Waals surface area (Å²) in [6.07, 6.45) is 2.32. The van der Waals surface area contributed by atoms with Crippen molar-refractivity contribution in [3.63, 3.8) is 0 Å². The Morgan fingerprint density at radius 1 is 1.07 bits per heavy atom. The number of carbonyl (C=O) groups excluding carboxylic acids is 2. The van der Waals surface area contributed by atoms with E-state index < -0.39 is 0 Å². The van der Waals surface area contributed by atoms with E-state index in [4.69, 9.17) is 5.73 Å². The summed E-state index contributed by atoms with van der Waals surface area (Å²) in [5, 5.41) is 2.52. The van der Waals surface area contributed by atoms with E-state index in [1.54, 1.807) is 18.3 Å². The molecule has 3 rings (SSSR count). The van der Waals surface area contributed by atoms with Crippen LogP contribution in [0.1, 0.15) is 18.2 Å². The molecule has 0 unspecified atom stereocenters. The lowest BCUT2D eigenvalue weighted by Gasteiger charge is -2.03. The Balaban J connectivity index is 0.000000208. The third-order valence-electron chi connectivity index (χ3n) is 3.72. The van der Waals surface area contributed by atoms with Gasteiger partial charge in [0.05, 0.1) is 17.6 Å². The molecule has 7 nitrogen and oxygen atoms in total. The summed E-state index contributed by atoms with van der Waals surface area (Å²) in [7, 11) is 0. The van der Waals surface area contributed by atoms with Crippen LogP contribution in [0.5, 0.6) is 0 Å². The van der Waals surface area contributed by atoms with Crippen LogP contribution in [0.3, 0.4) is 0 Å². The van der Waals surface area contributed by atoms with Gasteiger partial charge in [0, 0.05) is 23.1 Å². The number of rotatable bonds is 5. The van der Waals surface area contributed by atoms with Crippen molar-refractivity contribution >= 4 is 35.8 Å². The minimum Gasteiger partial charge on any atom is -0.382 e. The number of nitrogens with zero attached hydrogens (tertiary/aromatic N) is 2. The van der Waals surface area contributed by atoms with E-state index >= 15 is 0 Å². The summed E-state index contributed by atoms with van der Waals surface area (Å²) in [5.74, 6) is 0.399. The van der Waals surface area contributed by atoms with Gasteiger partial charge in [-0.2, -0.15) is 0 Å². The molecule has 0 aliphatic heterocycles. The molecule has 8 heteroatoms. The van der Waals surface area contributed by atoms with Crippen LogP contribution in [0, 0.1) is 13.8 Å². The Bertz CT molecular complexity index is 960. The molecule has 150 valence electrons. The number of hydrogen-bond donors (Lipinski definition) is 3.